The van der Waals surface area contributed by atoms with Gasteiger partial charge in [-0.05, 0) is 38.0 Å². The van der Waals surface area contributed by atoms with E-state index in [2.05, 4.69) is 23.8 Å². The first-order chi connectivity index (χ1) is 15.1. The average Bonchev–Trinajstić information content (AvgIpc) is 2.74. The Bertz CT molecular complexity index is 443. The zero-order valence-electron chi connectivity index (χ0n) is 20.8. The molecule has 182 valence electrons. The number of rotatable bonds is 21. The van der Waals surface area contributed by atoms with Crippen molar-refractivity contribution in [3.05, 3.63) is 12.2 Å². The number of unbranched alkanes of at least 4 members (excludes halogenated alkanes) is 15. The predicted molar refractivity (Wildman–Crippen MR) is 130 cm³/mol. The Morgan fingerprint density at radius 3 is 1.61 bits per heavy atom. The third kappa shape index (κ3) is 24.8. The Labute approximate surface area is 192 Å². The fourth-order valence-electron chi connectivity index (χ4n) is 3.46. The Hall–Kier alpha value is -1.32. The predicted octanol–water partition coefficient (Wildman–Crippen LogP) is 8.92. The number of allylic oxidation sites excluding steroid dienone is 2. The van der Waals surface area contributed by atoms with Crippen LogP contribution in [0.4, 0.5) is 4.79 Å². The van der Waals surface area contributed by atoms with Gasteiger partial charge in [0.1, 0.15) is 0 Å². The van der Waals surface area contributed by atoms with Crippen molar-refractivity contribution in [1.29, 1.82) is 0 Å². The van der Waals surface area contributed by atoms with Gasteiger partial charge < -0.3 is 9.47 Å². The molecule has 0 N–H and O–H groups in total. The third-order valence-electron chi connectivity index (χ3n) is 5.37. The minimum absolute atomic E-state index is 0.235. The van der Waals surface area contributed by atoms with Crippen molar-refractivity contribution < 1.29 is 19.1 Å². The lowest BCUT2D eigenvalue weighted by molar-refractivity contribution is -0.140. The highest BCUT2D eigenvalue weighted by atomic mass is 16.7. The summed E-state index contributed by atoms with van der Waals surface area (Å²) in [5.41, 5.74) is 0. The lowest BCUT2D eigenvalue weighted by atomic mass is 10.1. The average molecular weight is 439 g/mol. The normalized spacial score (nSPS) is 11.4. The lowest BCUT2D eigenvalue weighted by Crippen LogP contribution is -2.16. The molecule has 0 aromatic rings. The molecule has 31 heavy (non-hydrogen) atoms. The Kier molecular flexibility index (Phi) is 22.4. The molecular formula is C27H50O4. The van der Waals surface area contributed by atoms with Crippen LogP contribution in [0.2, 0.25) is 0 Å². The molecule has 0 aromatic heterocycles. The van der Waals surface area contributed by atoms with Crippen molar-refractivity contribution in [2.24, 2.45) is 5.92 Å². The largest absolute Gasteiger partial charge is 0.516 e. The van der Waals surface area contributed by atoms with Gasteiger partial charge in [0.15, 0.2) is 0 Å². The van der Waals surface area contributed by atoms with E-state index >= 15 is 0 Å². The van der Waals surface area contributed by atoms with E-state index in [1.807, 2.05) is 13.8 Å². The second-order valence-corrected chi connectivity index (χ2v) is 9.18. The summed E-state index contributed by atoms with van der Waals surface area (Å²) in [5, 5.41) is 0. The molecule has 0 aliphatic carbocycles. The third-order valence-corrected chi connectivity index (χ3v) is 5.37. The number of hydrogen-bond donors (Lipinski definition) is 0. The molecule has 0 atom stereocenters. The van der Waals surface area contributed by atoms with E-state index in [1.165, 1.54) is 89.9 Å². The Morgan fingerprint density at radius 2 is 1.13 bits per heavy atom. The molecule has 0 unspecified atom stereocenters. The number of carbonyl (C=O) groups excluding carboxylic acids is 2. The van der Waals surface area contributed by atoms with Gasteiger partial charge in [-0.25, -0.2) is 4.79 Å². The molecule has 0 aromatic carbocycles. The smallest absolute Gasteiger partial charge is 0.434 e. The quantitative estimate of drug-likeness (QED) is 0.0776. The molecule has 0 bridgehead atoms. The highest BCUT2D eigenvalue weighted by Crippen LogP contribution is 2.12. The monoisotopic (exact) mass is 438 g/mol. The van der Waals surface area contributed by atoms with E-state index in [1.54, 1.807) is 0 Å². The maximum absolute atomic E-state index is 11.6. The molecule has 0 saturated heterocycles. The van der Waals surface area contributed by atoms with Crippen LogP contribution < -0.4 is 0 Å². The van der Waals surface area contributed by atoms with Crippen molar-refractivity contribution >= 4 is 12.1 Å². The van der Waals surface area contributed by atoms with Gasteiger partial charge in [0, 0.05) is 6.42 Å². The summed E-state index contributed by atoms with van der Waals surface area (Å²) in [6, 6.07) is 0. The standard InChI is InChI=1S/C27H50O4/c1-4-5-6-7-8-9-10-11-12-13-14-15-16-17-18-19-20-21-22-23-26(28)31-27(29)30-24-25(2)3/h11-12,25H,4-10,13-24H2,1-3H3. The van der Waals surface area contributed by atoms with Crippen molar-refractivity contribution in [3.63, 3.8) is 0 Å². The number of carbonyl (C=O) groups is 2. The van der Waals surface area contributed by atoms with Crippen LogP contribution in [0.5, 0.6) is 0 Å². The summed E-state index contributed by atoms with van der Waals surface area (Å²) in [5.74, 6) is -0.242. The number of ether oxygens (including phenoxy) is 2. The molecule has 0 spiro atoms. The van der Waals surface area contributed by atoms with E-state index in [0.29, 0.717) is 6.42 Å². The van der Waals surface area contributed by atoms with Crippen LogP contribution in [0.25, 0.3) is 0 Å². The first-order valence-electron chi connectivity index (χ1n) is 13.1. The van der Waals surface area contributed by atoms with Crippen LogP contribution in [0.1, 0.15) is 136 Å². The van der Waals surface area contributed by atoms with Gasteiger partial charge in [0.25, 0.3) is 0 Å². The Morgan fingerprint density at radius 1 is 0.677 bits per heavy atom. The van der Waals surface area contributed by atoms with Gasteiger partial charge in [0.2, 0.25) is 0 Å². The molecule has 0 radical (unpaired) electrons. The van der Waals surface area contributed by atoms with Crippen LogP contribution in [-0.4, -0.2) is 18.7 Å². The molecule has 4 heteroatoms. The van der Waals surface area contributed by atoms with Crippen molar-refractivity contribution in [2.45, 2.75) is 136 Å². The van der Waals surface area contributed by atoms with Crippen LogP contribution in [0, 0.1) is 5.92 Å². The SMILES string of the molecule is CCCCCCCCC=CCCCCCCCCCCCC(=O)OC(=O)OCC(C)C. The molecule has 0 saturated carbocycles. The molecular weight excluding hydrogens is 388 g/mol. The summed E-state index contributed by atoms with van der Waals surface area (Å²) in [4.78, 5) is 22.8. The minimum Gasteiger partial charge on any atom is -0.434 e. The first kappa shape index (κ1) is 29.7. The highest BCUT2D eigenvalue weighted by Gasteiger charge is 2.11. The van der Waals surface area contributed by atoms with E-state index in [4.69, 9.17) is 4.74 Å². The number of esters is 1. The summed E-state index contributed by atoms with van der Waals surface area (Å²) in [7, 11) is 0. The first-order valence-corrected chi connectivity index (χ1v) is 13.1. The second-order valence-electron chi connectivity index (χ2n) is 9.18. The fraction of sp³-hybridized carbons (Fsp3) is 0.852. The van der Waals surface area contributed by atoms with Crippen molar-refractivity contribution in [3.8, 4) is 0 Å². The van der Waals surface area contributed by atoms with Crippen LogP contribution in [0.3, 0.4) is 0 Å². The maximum atomic E-state index is 11.6. The van der Waals surface area contributed by atoms with Gasteiger partial charge in [-0.15, -0.1) is 0 Å². The second kappa shape index (κ2) is 23.3. The van der Waals surface area contributed by atoms with Crippen LogP contribution in [0.15, 0.2) is 12.2 Å². The topological polar surface area (TPSA) is 52.6 Å². The van der Waals surface area contributed by atoms with E-state index in [9.17, 15) is 9.59 Å². The summed E-state index contributed by atoms with van der Waals surface area (Å²) in [6.07, 6.45) is 25.7. The number of hydrogen-bond acceptors (Lipinski definition) is 4. The van der Waals surface area contributed by atoms with E-state index in [0.717, 1.165) is 19.3 Å². The van der Waals surface area contributed by atoms with E-state index < -0.39 is 12.1 Å². The van der Waals surface area contributed by atoms with Gasteiger partial charge >= 0.3 is 12.1 Å². The summed E-state index contributed by atoms with van der Waals surface area (Å²) >= 11 is 0. The lowest BCUT2D eigenvalue weighted by Gasteiger charge is -2.06. The summed E-state index contributed by atoms with van der Waals surface area (Å²) in [6.45, 7) is 6.42. The molecule has 0 heterocycles. The molecule has 0 aliphatic rings. The van der Waals surface area contributed by atoms with E-state index in [-0.39, 0.29) is 12.5 Å². The minimum atomic E-state index is -0.869. The molecule has 0 rings (SSSR count). The molecule has 4 nitrogen and oxygen atoms in total. The summed E-state index contributed by atoms with van der Waals surface area (Å²) < 4.78 is 9.46. The van der Waals surface area contributed by atoms with Crippen LogP contribution >= 0.6 is 0 Å². The van der Waals surface area contributed by atoms with Crippen molar-refractivity contribution in [2.75, 3.05) is 6.61 Å². The fourth-order valence-corrected chi connectivity index (χ4v) is 3.46. The zero-order chi connectivity index (χ0) is 23.0. The van der Waals surface area contributed by atoms with Crippen molar-refractivity contribution in [1.82, 2.24) is 0 Å². The zero-order valence-corrected chi connectivity index (χ0v) is 20.8. The van der Waals surface area contributed by atoms with Crippen LogP contribution in [-0.2, 0) is 14.3 Å². The molecule has 0 aliphatic heterocycles. The maximum Gasteiger partial charge on any atom is 0.516 e. The highest BCUT2D eigenvalue weighted by molar-refractivity contribution is 5.81. The van der Waals surface area contributed by atoms with Gasteiger partial charge in [-0.3, -0.25) is 4.79 Å². The molecule has 0 fully saturated rings. The van der Waals surface area contributed by atoms with Gasteiger partial charge in [0.05, 0.1) is 6.61 Å². The molecule has 0 amide bonds. The van der Waals surface area contributed by atoms with Gasteiger partial charge in [-0.2, -0.15) is 0 Å². The van der Waals surface area contributed by atoms with Gasteiger partial charge in [-0.1, -0.05) is 110 Å². The Balaban J connectivity index is 3.27.